The minimum atomic E-state index is -4.05. The van der Waals surface area contributed by atoms with E-state index >= 15 is 0 Å². The fourth-order valence-corrected chi connectivity index (χ4v) is 5.71. The van der Waals surface area contributed by atoms with Crippen molar-refractivity contribution < 1.29 is 27.5 Å². The van der Waals surface area contributed by atoms with Gasteiger partial charge in [0.25, 0.3) is 26.8 Å². The Morgan fingerprint density at radius 2 is 1.79 bits per heavy atom. The first-order valence-electron chi connectivity index (χ1n) is 12.4. The molecule has 3 amide bonds. The van der Waals surface area contributed by atoms with Crippen LogP contribution in [0, 0.1) is 5.92 Å². The first kappa shape index (κ1) is 26.7. The van der Waals surface area contributed by atoms with Crippen molar-refractivity contribution in [1.82, 2.24) is 20.4 Å². The van der Waals surface area contributed by atoms with Crippen LogP contribution in [0.15, 0.2) is 53.6 Å². The average molecular weight is 572 g/mol. The van der Waals surface area contributed by atoms with E-state index in [0.717, 1.165) is 0 Å². The number of carbonyl (C=O) groups excluding carboxylic acids is 3. The molecule has 2 aromatic carbocycles. The number of H-pyrrole nitrogens is 1. The van der Waals surface area contributed by atoms with Gasteiger partial charge in [-0.3, -0.25) is 24.4 Å². The summed E-state index contributed by atoms with van der Waals surface area (Å²) < 4.78 is 30.0. The van der Waals surface area contributed by atoms with E-state index in [1.165, 1.54) is 29.3 Å². The number of nitrogens with one attached hydrogen (secondary N) is 2. The number of imide groups is 1. The second-order valence-corrected chi connectivity index (χ2v) is 12.0. The number of carbonyl (C=O) groups is 3. The van der Waals surface area contributed by atoms with Crippen LogP contribution in [0.25, 0.3) is 0 Å². The van der Waals surface area contributed by atoms with Crippen molar-refractivity contribution in [2.75, 3.05) is 24.6 Å². The zero-order valence-electron chi connectivity index (χ0n) is 21.2. The monoisotopic (exact) mass is 571 g/mol. The molecule has 0 fully saturated rings. The lowest BCUT2D eigenvalue weighted by Gasteiger charge is -2.39. The molecule has 39 heavy (non-hydrogen) atoms. The number of hydrogen-bond acceptors (Lipinski definition) is 8. The van der Waals surface area contributed by atoms with Gasteiger partial charge in [0.05, 0.1) is 34.5 Å². The first-order valence-corrected chi connectivity index (χ1v) is 14.7. The summed E-state index contributed by atoms with van der Waals surface area (Å²) in [5.74, 6) is -0.719. The van der Waals surface area contributed by atoms with Gasteiger partial charge >= 0.3 is 0 Å². The van der Waals surface area contributed by atoms with Crippen LogP contribution in [0.5, 0.6) is 5.75 Å². The molecule has 13 heteroatoms. The summed E-state index contributed by atoms with van der Waals surface area (Å²) in [6.07, 6.45) is 1.22. The summed E-state index contributed by atoms with van der Waals surface area (Å²) >= 11 is 0. The van der Waals surface area contributed by atoms with E-state index in [2.05, 4.69) is 15.5 Å². The third-order valence-electron chi connectivity index (χ3n) is 6.82. The fraction of sp³-hybridized carbons (Fsp3) is 0.308. The van der Waals surface area contributed by atoms with Crippen molar-refractivity contribution in [3.05, 3.63) is 71.0 Å². The Hall–Kier alpha value is -3.90. The summed E-state index contributed by atoms with van der Waals surface area (Å²) in [6.45, 7) is 4.68. The van der Waals surface area contributed by atoms with Gasteiger partial charge in [-0.05, 0) is 49.6 Å². The van der Waals surface area contributed by atoms with Crippen LogP contribution in [0.2, 0.25) is 0 Å². The summed E-state index contributed by atoms with van der Waals surface area (Å²) in [5, 5.41) is 9.65. The van der Waals surface area contributed by atoms with Crippen LogP contribution in [-0.2, 0) is 9.05 Å². The molecule has 3 aromatic rings. The highest BCUT2D eigenvalue weighted by molar-refractivity contribution is 8.13. The maximum atomic E-state index is 12.9. The molecule has 0 bridgehead atoms. The van der Waals surface area contributed by atoms with E-state index in [-0.39, 0.29) is 34.9 Å². The Bertz CT molecular complexity index is 1540. The molecular weight excluding hydrogens is 546 g/mol. The number of nitrogens with zero attached hydrogens (tertiary/aromatic N) is 3. The number of ether oxygens (including phenoxy) is 1. The maximum absolute atomic E-state index is 12.9. The van der Waals surface area contributed by atoms with E-state index in [1.807, 2.05) is 11.8 Å². The molecule has 1 aromatic heterocycles. The number of amides is 3. The highest BCUT2D eigenvalue weighted by atomic mass is 35.7. The summed E-state index contributed by atoms with van der Waals surface area (Å²) in [5.41, 5.74) is 1.99. The SMILES string of the molecule is CCOc1ccc(S(=O)(=O)Cl)cc1C1NC(=O)c2[nH]ncc2N1CC(C)CCN1C(=O)c2ccccc2C1=O. The molecule has 204 valence electrons. The number of hydrogen-bond donors (Lipinski definition) is 2. The Morgan fingerprint density at radius 1 is 1.10 bits per heavy atom. The highest BCUT2D eigenvalue weighted by Gasteiger charge is 2.38. The minimum Gasteiger partial charge on any atom is -0.493 e. The van der Waals surface area contributed by atoms with Crippen LogP contribution in [-0.4, -0.2) is 60.9 Å². The number of aromatic nitrogens is 2. The van der Waals surface area contributed by atoms with Gasteiger partial charge in [-0.15, -0.1) is 0 Å². The lowest BCUT2D eigenvalue weighted by Crippen LogP contribution is -2.48. The number of halogens is 1. The molecule has 0 spiro atoms. The van der Waals surface area contributed by atoms with E-state index in [9.17, 15) is 22.8 Å². The first-order chi connectivity index (χ1) is 18.6. The smallest absolute Gasteiger partial charge is 0.273 e. The molecule has 5 rings (SSSR count). The van der Waals surface area contributed by atoms with Gasteiger partial charge in [-0.25, -0.2) is 8.42 Å². The molecule has 0 saturated heterocycles. The van der Waals surface area contributed by atoms with Gasteiger partial charge in [-0.1, -0.05) is 19.1 Å². The van der Waals surface area contributed by atoms with E-state index in [1.54, 1.807) is 31.2 Å². The second kappa shape index (κ2) is 10.3. The number of benzene rings is 2. The molecule has 2 atom stereocenters. The number of aromatic amines is 1. The van der Waals surface area contributed by atoms with Gasteiger partial charge in [-0.2, -0.15) is 5.10 Å². The Labute approximate surface area is 229 Å². The molecule has 0 aliphatic carbocycles. The van der Waals surface area contributed by atoms with E-state index in [4.69, 9.17) is 15.4 Å². The zero-order valence-corrected chi connectivity index (χ0v) is 22.8. The molecule has 2 aliphatic heterocycles. The van der Waals surface area contributed by atoms with Crippen molar-refractivity contribution in [2.45, 2.75) is 31.3 Å². The predicted molar refractivity (Wildman–Crippen MR) is 142 cm³/mol. The molecule has 0 saturated carbocycles. The lowest BCUT2D eigenvalue weighted by atomic mass is 10.0. The third kappa shape index (κ3) is 4.97. The molecule has 2 unspecified atom stereocenters. The maximum Gasteiger partial charge on any atom is 0.273 e. The van der Waals surface area contributed by atoms with Gasteiger partial charge in [0, 0.05) is 29.3 Å². The summed E-state index contributed by atoms with van der Waals surface area (Å²) in [6, 6.07) is 11.0. The van der Waals surface area contributed by atoms with Gasteiger partial charge < -0.3 is 15.0 Å². The van der Waals surface area contributed by atoms with Crippen molar-refractivity contribution in [1.29, 1.82) is 0 Å². The zero-order chi connectivity index (χ0) is 27.9. The molecule has 3 heterocycles. The molecule has 2 aliphatic rings. The number of rotatable bonds is 9. The van der Waals surface area contributed by atoms with Gasteiger partial charge in [0.2, 0.25) is 0 Å². The fourth-order valence-electron chi connectivity index (χ4n) is 4.93. The third-order valence-corrected chi connectivity index (χ3v) is 8.18. The molecule has 11 nitrogen and oxygen atoms in total. The Morgan fingerprint density at radius 3 is 2.44 bits per heavy atom. The van der Waals surface area contributed by atoms with Crippen LogP contribution < -0.4 is 15.0 Å². The number of anilines is 1. The van der Waals surface area contributed by atoms with Crippen molar-refractivity contribution >= 4 is 43.1 Å². The minimum absolute atomic E-state index is 0.0648. The quantitative estimate of drug-likeness (QED) is 0.294. The van der Waals surface area contributed by atoms with Crippen molar-refractivity contribution in [2.24, 2.45) is 5.92 Å². The highest BCUT2D eigenvalue weighted by Crippen LogP contribution is 2.38. The van der Waals surface area contributed by atoms with E-state index in [0.29, 0.717) is 47.7 Å². The predicted octanol–water partition coefficient (Wildman–Crippen LogP) is 3.31. The molecule has 0 radical (unpaired) electrons. The molecular formula is C26H26ClN5O6S. The van der Waals surface area contributed by atoms with Crippen LogP contribution >= 0.6 is 10.7 Å². The second-order valence-electron chi connectivity index (χ2n) is 9.43. The van der Waals surface area contributed by atoms with Crippen LogP contribution in [0.1, 0.15) is 63.2 Å². The normalized spacial score (nSPS) is 17.6. The van der Waals surface area contributed by atoms with Crippen molar-refractivity contribution in [3.8, 4) is 5.75 Å². The number of fused-ring (bicyclic) bond motifs is 2. The van der Waals surface area contributed by atoms with Gasteiger partial charge in [0.1, 0.15) is 17.6 Å². The standard InChI is InChI=1S/C26H26ClN5O6S/c1-3-38-21-9-8-16(39(27,36)37)12-19(21)23-29-24(33)22-20(13-28-30-22)32(23)14-15(2)10-11-31-25(34)17-6-4-5-7-18(17)26(31)35/h4-9,12-13,15,23H,3,10-11,14H2,1-2H3,(H,28,30)(H,29,33). The average Bonchev–Trinajstić information content (AvgIpc) is 3.49. The Kier molecular flexibility index (Phi) is 7.08. The lowest BCUT2D eigenvalue weighted by molar-refractivity contribution is 0.0645. The molecule has 2 N–H and O–H groups in total. The van der Waals surface area contributed by atoms with Crippen LogP contribution in [0.3, 0.4) is 0 Å². The summed E-state index contributed by atoms with van der Waals surface area (Å²) in [7, 11) is 1.58. The Balaban J connectivity index is 1.42. The van der Waals surface area contributed by atoms with E-state index < -0.39 is 21.1 Å². The van der Waals surface area contributed by atoms with Gasteiger partial charge in [0.15, 0.2) is 0 Å². The topological polar surface area (TPSA) is 142 Å². The largest absolute Gasteiger partial charge is 0.493 e. The summed E-state index contributed by atoms with van der Waals surface area (Å²) in [4.78, 5) is 41.5. The van der Waals surface area contributed by atoms with Crippen LogP contribution in [0.4, 0.5) is 5.69 Å². The van der Waals surface area contributed by atoms with Crippen molar-refractivity contribution in [3.63, 3.8) is 0 Å².